The van der Waals surface area contributed by atoms with Crippen LogP contribution in [0.3, 0.4) is 0 Å². The molecule has 8 unspecified atom stereocenters. The van der Waals surface area contributed by atoms with Crippen LogP contribution in [-0.4, -0.2) is 18.9 Å². The number of carbonyl (C=O) groups excluding carboxylic acids is 1. The van der Waals surface area contributed by atoms with Crippen molar-refractivity contribution in [1.29, 1.82) is 0 Å². The summed E-state index contributed by atoms with van der Waals surface area (Å²) in [5.41, 5.74) is 6.72. The molecule has 2 aromatic rings. The van der Waals surface area contributed by atoms with Gasteiger partial charge in [0.15, 0.2) is 0 Å². The molecule has 1 N–H and O–H groups in total. The van der Waals surface area contributed by atoms with Gasteiger partial charge in [0.25, 0.3) is 10.1 Å². The van der Waals surface area contributed by atoms with E-state index in [9.17, 15) is 13.0 Å². The minimum Gasteiger partial charge on any atom is -0.422 e. The zero-order valence-corrected chi connectivity index (χ0v) is 32.0. The molecule has 6 heteroatoms. The third kappa shape index (κ3) is 6.13. The van der Waals surface area contributed by atoms with Crippen molar-refractivity contribution in [3.05, 3.63) is 57.6 Å². The topological polar surface area (TPSA) is 80.7 Å². The van der Waals surface area contributed by atoms with E-state index >= 15 is 4.79 Å². The predicted octanol–water partition coefficient (Wildman–Crippen LogP) is 12.0. The molecule has 9 atom stereocenters. The van der Waals surface area contributed by atoms with Crippen LogP contribution in [-0.2, 0) is 10.1 Å². The third-order valence-electron chi connectivity index (χ3n) is 16.6. The zero-order valence-electron chi connectivity index (χ0n) is 31.2. The van der Waals surface area contributed by atoms with Gasteiger partial charge in [0.2, 0.25) is 0 Å². The number of carbonyl (C=O) groups is 1. The number of rotatable bonds is 8. The SMILES string of the molecule is O=C(Oc1c(C2CCCCC2)cc(S(=O)(=O)O)cc1C1CCCCC1)c1c(C2CC3CCC2C3)cc(C2CC3CCC2C3)cc1[C@H]1CC2CCC1C2. The smallest absolute Gasteiger partial charge is 0.344 e. The summed E-state index contributed by atoms with van der Waals surface area (Å²) in [4.78, 5) is 15.5. The van der Waals surface area contributed by atoms with Crippen LogP contribution in [0.5, 0.6) is 5.75 Å². The Hall–Kier alpha value is -2.18. The highest BCUT2D eigenvalue weighted by Crippen LogP contribution is 2.59. The zero-order chi connectivity index (χ0) is 35.1. The van der Waals surface area contributed by atoms with E-state index in [1.54, 1.807) is 12.1 Å². The minimum absolute atomic E-state index is 0.0333. The van der Waals surface area contributed by atoms with E-state index in [1.807, 2.05) is 0 Å². The molecular weight excluding hydrogens is 665 g/mol. The number of hydrogen-bond donors (Lipinski definition) is 1. The van der Waals surface area contributed by atoms with Crippen molar-refractivity contribution in [3.63, 3.8) is 0 Å². The van der Waals surface area contributed by atoms with Gasteiger partial charge in [0.05, 0.1) is 10.5 Å². The van der Waals surface area contributed by atoms with Gasteiger partial charge in [-0.1, -0.05) is 69.9 Å². The van der Waals surface area contributed by atoms with Crippen LogP contribution in [0.4, 0.5) is 0 Å². The monoisotopic (exact) mass is 724 g/mol. The lowest BCUT2D eigenvalue weighted by Crippen LogP contribution is -2.24. The Kier molecular flexibility index (Phi) is 8.93. The second-order valence-corrected chi connectivity index (χ2v) is 20.8. The Morgan fingerprint density at radius 2 is 0.981 bits per heavy atom. The van der Waals surface area contributed by atoms with E-state index in [0.29, 0.717) is 35.3 Å². The molecule has 0 saturated heterocycles. The van der Waals surface area contributed by atoms with Crippen LogP contribution in [0.2, 0.25) is 0 Å². The van der Waals surface area contributed by atoms with Gasteiger partial charge in [-0.2, -0.15) is 8.42 Å². The van der Waals surface area contributed by atoms with Crippen LogP contribution in [0, 0.1) is 35.5 Å². The first-order chi connectivity index (χ1) is 25.3. The Morgan fingerprint density at radius 3 is 1.37 bits per heavy atom. The summed E-state index contributed by atoms with van der Waals surface area (Å²) in [5.74, 6) is 6.70. The summed E-state index contributed by atoms with van der Waals surface area (Å²) < 4.78 is 43.0. The van der Waals surface area contributed by atoms with Crippen LogP contribution in [0.15, 0.2) is 29.2 Å². The lowest BCUT2D eigenvalue weighted by molar-refractivity contribution is 0.0724. The van der Waals surface area contributed by atoms with Crippen LogP contribution < -0.4 is 4.74 Å². The second-order valence-electron chi connectivity index (χ2n) is 19.4. The highest BCUT2D eigenvalue weighted by molar-refractivity contribution is 7.85. The van der Waals surface area contributed by atoms with E-state index in [-0.39, 0.29) is 22.7 Å². The number of esters is 1. The lowest BCUT2D eigenvalue weighted by Gasteiger charge is -2.33. The Balaban J connectivity index is 1.13. The van der Waals surface area contributed by atoms with E-state index in [4.69, 9.17) is 4.74 Å². The van der Waals surface area contributed by atoms with Gasteiger partial charge in [-0.3, -0.25) is 4.55 Å². The maximum Gasteiger partial charge on any atom is 0.344 e. The fraction of sp³-hybridized carbons (Fsp3) is 0.717. The lowest BCUT2D eigenvalue weighted by atomic mass is 9.72. The predicted molar refractivity (Wildman–Crippen MR) is 204 cm³/mol. The van der Waals surface area contributed by atoms with Gasteiger partial charge in [-0.25, -0.2) is 4.79 Å². The van der Waals surface area contributed by atoms with Crippen molar-refractivity contribution >= 4 is 16.1 Å². The van der Waals surface area contributed by atoms with Crippen LogP contribution in [0.1, 0.15) is 209 Å². The molecule has 8 aliphatic carbocycles. The highest BCUT2D eigenvalue weighted by Gasteiger charge is 2.47. The first-order valence-corrected chi connectivity index (χ1v) is 23.3. The van der Waals surface area contributed by atoms with E-state index < -0.39 is 10.1 Å². The largest absolute Gasteiger partial charge is 0.422 e. The molecular formula is C46H60O5S. The summed E-state index contributed by atoms with van der Waals surface area (Å²) >= 11 is 0. The van der Waals surface area contributed by atoms with E-state index in [2.05, 4.69) is 12.1 Å². The van der Waals surface area contributed by atoms with Crippen molar-refractivity contribution in [1.82, 2.24) is 0 Å². The van der Waals surface area contributed by atoms with Crippen molar-refractivity contribution in [2.24, 2.45) is 35.5 Å². The summed E-state index contributed by atoms with van der Waals surface area (Å²) in [7, 11) is -4.43. The van der Waals surface area contributed by atoms with Crippen molar-refractivity contribution in [3.8, 4) is 5.75 Å². The maximum atomic E-state index is 15.5. The Labute approximate surface area is 312 Å². The van der Waals surface area contributed by atoms with Gasteiger partial charge < -0.3 is 4.74 Å². The summed E-state index contributed by atoms with van der Waals surface area (Å²) in [6, 6.07) is 8.42. The van der Waals surface area contributed by atoms with E-state index in [1.165, 1.54) is 107 Å². The molecule has 8 aliphatic rings. The summed E-state index contributed by atoms with van der Waals surface area (Å²) in [6.45, 7) is 0. The minimum atomic E-state index is -4.43. The molecule has 0 heterocycles. The normalized spacial score (nSPS) is 35.9. The van der Waals surface area contributed by atoms with Gasteiger partial charge >= 0.3 is 5.97 Å². The Morgan fingerprint density at radius 1 is 0.538 bits per heavy atom. The van der Waals surface area contributed by atoms with Gasteiger partial charge in [-0.05, 0) is 189 Å². The average molecular weight is 725 g/mol. The first kappa shape index (κ1) is 34.3. The van der Waals surface area contributed by atoms with Crippen LogP contribution in [0.25, 0.3) is 0 Å². The molecule has 52 heavy (non-hydrogen) atoms. The molecule has 2 aromatic carbocycles. The average Bonchev–Trinajstić information content (AvgIpc) is 4.04. The fourth-order valence-corrected chi connectivity index (χ4v) is 14.7. The molecule has 0 radical (unpaired) electrons. The molecule has 0 spiro atoms. The van der Waals surface area contributed by atoms with Gasteiger partial charge in [0.1, 0.15) is 5.75 Å². The van der Waals surface area contributed by atoms with Crippen LogP contribution >= 0.6 is 0 Å². The first-order valence-electron chi connectivity index (χ1n) is 21.8. The third-order valence-corrected chi connectivity index (χ3v) is 17.4. The number of fused-ring (bicyclic) bond motifs is 6. The molecule has 8 saturated carbocycles. The number of hydrogen-bond acceptors (Lipinski definition) is 4. The standard InChI is InChI=1S/C46H60O5S/c47-46(51-45-40(30-7-3-1-4-8-30)25-36(52(48,49)50)26-41(45)31-9-5-2-6-10-31)44-42(38-21-28-12-15-33(38)18-28)23-35(37-20-27-11-14-32(37)17-27)24-43(44)39-22-29-13-16-34(39)19-29/h23-34,37-39H,1-22H2,(H,48,49,50)/t27?,28?,29?,32?,33?,34?,37?,38-,39?/m0/s1. The molecule has 6 bridgehead atoms. The molecule has 0 aliphatic heterocycles. The van der Waals surface area contributed by atoms with E-state index in [0.717, 1.165) is 91.7 Å². The number of ether oxygens (including phenoxy) is 1. The van der Waals surface area contributed by atoms with Gasteiger partial charge in [0, 0.05) is 0 Å². The Bertz CT molecular complexity index is 1730. The van der Waals surface area contributed by atoms with Gasteiger partial charge in [-0.15, -0.1) is 0 Å². The van der Waals surface area contributed by atoms with Crippen molar-refractivity contribution in [2.45, 2.75) is 176 Å². The second kappa shape index (κ2) is 13.5. The molecule has 0 aromatic heterocycles. The molecule has 10 rings (SSSR count). The number of benzene rings is 2. The molecule has 280 valence electrons. The molecule has 8 fully saturated rings. The quantitative estimate of drug-likeness (QED) is 0.167. The molecule has 5 nitrogen and oxygen atoms in total. The van der Waals surface area contributed by atoms with Crippen molar-refractivity contribution < 1.29 is 22.5 Å². The summed E-state index contributed by atoms with van der Waals surface area (Å²) in [5, 5.41) is 0. The summed E-state index contributed by atoms with van der Waals surface area (Å²) in [6.07, 6.45) is 26.2. The van der Waals surface area contributed by atoms with Crippen molar-refractivity contribution in [2.75, 3.05) is 0 Å². The fourth-order valence-electron chi connectivity index (χ4n) is 14.1. The molecule has 0 amide bonds. The maximum absolute atomic E-state index is 15.5. The highest BCUT2D eigenvalue weighted by atomic mass is 32.2.